The maximum atomic E-state index is 13.0. The van der Waals surface area contributed by atoms with E-state index < -0.39 is 0 Å². The quantitative estimate of drug-likeness (QED) is 0.666. The molecule has 0 N–H and O–H groups in total. The summed E-state index contributed by atoms with van der Waals surface area (Å²) < 4.78 is 16.1. The first-order valence-corrected chi connectivity index (χ1v) is 10.0. The van der Waals surface area contributed by atoms with E-state index in [0.29, 0.717) is 36.3 Å². The maximum Gasteiger partial charge on any atom is 0.253 e. The average Bonchev–Trinajstić information content (AvgIpc) is 3.04. The van der Waals surface area contributed by atoms with E-state index in [9.17, 15) is 14.0 Å². The lowest BCUT2D eigenvalue weighted by atomic mass is 9.95. The smallest absolute Gasteiger partial charge is 0.253 e. The minimum Gasteiger partial charge on any atom is -0.339 e. The maximum absolute atomic E-state index is 13.0. The number of rotatable bonds is 2. The second kappa shape index (κ2) is 7.67. The number of carbonyl (C=O) groups excluding carboxylic acids is 2. The number of para-hydroxylation sites is 1. The van der Waals surface area contributed by atoms with Crippen molar-refractivity contribution in [3.63, 3.8) is 0 Å². The minimum atomic E-state index is -0.364. The third-order valence-corrected chi connectivity index (χ3v) is 6.26. The average molecular weight is 397 g/mol. The number of hydrogen-bond donors (Lipinski definition) is 0. The molecule has 0 spiro atoms. The number of carbonyl (C=O) groups is 2. The van der Waals surface area contributed by atoms with Gasteiger partial charge in [0, 0.05) is 31.6 Å². The summed E-state index contributed by atoms with van der Waals surface area (Å²) in [6, 6.07) is 13.5. The molecule has 0 radical (unpaired) electrons. The zero-order valence-corrected chi connectivity index (χ0v) is 16.3. The summed E-state index contributed by atoms with van der Waals surface area (Å²) in [6.07, 6.45) is 1.17. The zero-order valence-electron chi connectivity index (χ0n) is 15.5. The molecule has 2 heterocycles. The molecule has 0 aliphatic carbocycles. The molecule has 2 aromatic carbocycles. The van der Waals surface area contributed by atoms with Crippen LogP contribution in [0.5, 0.6) is 0 Å². The number of likely N-dealkylation sites (tertiary alicyclic amines) is 1. The molecule has 0 saturated carbocycles. The van der Waals surface area contributed by atoms with Crippen LogP contribution >= 0.6 is 11.3 Å². The fourth-order valence-electron chi connectivity index (χ4n) is 3.48. The molecular formula is C21H20FN3O2S. The molecule has 1 saturated heterocycles. The molecule has 28 heavy (non-hydrogen) atoms. The molecule has 1 fully saturated rings. The van der Waals surface area contributed by atoms with Gasteiger partial charge in [0.25, 0.3) is 11.8 Å². The second-order valence-corrected chi connectivity index (χ2v) is 7.94. The number of thiazole rings is 1. The van der Waals surface area contributed by atoms with E-state index >= 15 is 0 Å². The minimum absolute atomic E-state index is 0.126. The molecule has 1 aliphatic rings. The van der Waals surface area contributed by atoms with E-state index in [0.717, 1.165) is 10.2 Å². The van der Waals surface area contributed by atoms with Crippen molar-refractivity contribution in [3.8, 4) is 0 Å². The van der Waals surface area contributed by atoms with Gasteiger partial charge in [0.1, 0.15) is 5.82 Å². The Hall–Kier alpha value is -2.80. The van der Waals surface area contributed by atoms with Crippen LogP contribution in [0.25, 0.3) is 10.2 Å². The molecule has 0 unspecified atom stereocenters. The number of aromatic nitrogens is 1. The molecule has 0 atom stereocenters. The normalized spacial score (nSPS) is 15.9. The first-order chi connectivity index (χ1) is 13.5. The van der Waals surface area contributed by atoms with Crippen LogP contribution in [-0.4, -0.2) is 34.4 Å². The van der Waals surface area contributed by atoms with Gasteiger partial charge in [-0.2, -0.15) is 4.99 Å². The highest BCUT2D eigenvalue weighted by Crippen LogP contribution is 2.21. The highest BCUT2D eigenvalue weighted by molar-refractivity contribution is 7.16. The molecule has 1 aliphatic heterocycles. The SMILES string of the molecule is Cn1c(=NC(=O)C2CCN(C(=O)c3ccc(F)cc3)CC2)sc2ccccc21. The van der Waals surface area contributed by atoms with Gasteiger partial charge in [0.05, 0.1) is 10.2 Å². The molecule has 144 valence electrons. The topological polar surface area (TPSA) is 54.7 Å². The van der Waals surface area contributed by atoms with Crippen molar-refractivity contribution in [2.45, 2.75) is 12.8 Å². The number of fused-ring (bicyclic) bond motifs is 1. The summed E-state index contributed by atoms with van der Waals surface area (Å²) in [5.74, 6) is -0.797. The summed E-state index contributed by atoms with van der Waals surface area (Å²) >= 11 is 1.50. The Morgan fingerprint density at radius 2 is 1.75 bits per heavy atom. The summed E-state index contributed by atoms with van der Waals surface area (Å²) in [5, 5.41) is 0. The van der Waals surface area contributed by atoms with E-state index in [1.165, 1.54) is 35.6 Å². The fraction of sp³-hybridized carbons (Fsp3) is 0.286. The highest BCUT2D eigenvalue weighted by Gasteiger charge is 2.27. The summed E-state index contributed by atoms with van der Waals surface area (Å²) in [5.41, 5.74) is 1.52. The van der Waals surface area contributed by atoms with Gasteiger partial charge in [-0.1, -0.05) is 23.5 Å². The second-order valence-electron chi connectivity index (χ2n) is 6.93. The summed E-state index contributed by atoms with van der Waals surface area (Å²) in [4.78, 5) is 31.9. The van der Waals surface area contributed by atoms with Crippen molar-refractivity contribution in [2.75, 3.05) is 13.1 Å². The fourth-order valence-corrected chi connectivity index (χ4v) is 4.50. The highest BCUT2D eigenvalue weighted by atomic mass is 32.1. The first kappa shape index (κ1) is 18.6. The monoisotopic (exact) mass is 397 g/mol. The van der Waals surface area contributed by atoms with E-state index in [2.05, 4.69) is 4.99 Å². The lowest BCUT2D eigenvalue weighted by molar-refractivity contribution is -0.123. The van der Waals surface area contributed by atoms with Gasteiger partial charge in [-0.25, -0.2) is 4.39 Å². The number of aryl methyl sites for hydroxylation is 1. The molecule has 2 amide bonds. The molecule has 0 bridgehead atoms. The van der Waals surface area contributed by atoms with Gasteiger partial charge in [-0.05, 0) is 49.2 Å². The summed E-state index contributed by atoms with van der Waals surface area (Å²) in [7, 11) is 1.91. The first-order valence-electron chi connectivity index (χ1n) is 9.21. The Balaban J connectivity index is 1.44. The van der Waals surface area contributed by atoms with Crippen molar-refractivity contribution in [3.05, 3.63) is 64.7 Å². The molecule has 1 aromatic heterocycles. The predicted molar refractivity (Wildman–Crippen MR) is 106 cm³/mol. The predicted octanol–water partition coefficient (Wildman–Crippen LogP) is 3.36. The van der Waals surface area contributed by atoms with Crippen molar-refractivity contribution >= 4 is 33.4 Å². The van der Waals surface area contributed by atoms with Crippen LogP contribution in [0.2, 0.25) is 0 Å². The third kappa shape index (κ3) is 3.62. The van der Waals surface area contributed by atoms with Gasteiger partial charge in [-0.3, -0.25) is 9.59 Å². The van der Waals surface area contributed by atoms with E-state index in [1.807, 2.05) is 35.9 Å². The van der Waals surface area contributed by atoms with Crippen LogP contribution < -0.4 is 4.80 Å². The summed E-state index contributed by atoms with van der Waals surface area (Å²) in [6.45, 7) is 1.00. The number of piperidine rings is 1. The van der Waals surface area contributed by atoms with Crippen LogP contribution in [0.4, 0.5) is 4.39 Å². The van der Waals surface area contributed by atoms with Gasteiger partial charge < -0.3 is 9.47 Å². The lowest BCUT2D eigenvalue weighted by Gasteiger charge is -2.30. The Morgan fingerprint density at radius 3 is 2.43 bits per heavy atom. The number of benzene rings is 2. The van der Waals surface area contributed by atoms with Crippen LogP contribution in [0.1, 0.15) is 23.2 Å². The van der Waals surface area contributed by atoms with Crippen LogP contribution in [-0.2, 0) is 11.8 Å². The van der Waals surface area contributed by atoms with E-state index in [1.54, 1.807) is 4.90 Å². The van der Waals surface area contributed by atoms with E-state index in [4.69, 9.17) is 0 Å². The van der Waals surface area contributed by atoms with Gasteiger partial charge >= 0.3 is 0 Å². The van der Waals surface area contributed by atoms with Crippen molar-refractivity contribution in [2.24, 2.45) is 18.0 Å². The lowest BCUT2D eigenvalue weighted by Crippen LogP contribution is -2.40. The molecular weight excluding hydrogens is 377 g/mol. The van der Waals surface area contributed by atoms with Crippen molar-refractivity contribution in [1.82, 2.24) is 9.47 Å². The van der Waals surface area contributed by atoms with Gasteiger partial charge in [0.2, 0.25) is 0 Å². The molecule has 5 nitrogen and oxygen atoms in total. The molecule has 3 aromatic rings. The zero-order chi connectivity index (χ0) is 19.7. The Labute approximate surface area is 165 Å². The standard InChI is InChI=1S/C21H20FN3O2S/c1-24-17-4-2-3-5-18(17)28-21(24)23-19(26)14-10-12-25(13-11-14)20(27)15-6-8-16(22)9-7-15/h2-9,14H,10-13H2,1H3. The Bertz CT molecular complexity index is 1090. The number of halogens is 1. The van der Waals surface area contributed by atoms with Crippen molar-refractivity contribution in [1.29, 1.82) is 0 Å². The van der Waals surface area contributed by atoms with Crippen molar-refractivity contribution < 1.29 is 14.0 Å². The van der Waals surface area contributed by atoms with Gasteiger partial charge in [-0.15, -0.1) is 0 Å². The third-order valence-electron chi connectivity index (χ3n) is 5.14. The van der Waals surface area contributed by atoms with Crippen LogP contribution in [0.15, 0.2) is 53.5 Å². The Morgan fingerprint density at radius 1 is 1.07 bits per heavy atom. The number of nitrogens with zero attached hydrogens (tertiary/aromatic N) is 3. The molecule has 4 rings (SSSR count). The Kier molecular flexibility index (Phi) is 5.09. The van der Waals surface area contributed by atoms with Gasteiger partial charge in [0.15, 0.2) is 4.80 Å². The van der Waals surface area contributed by atoms with E-state index in [-0.39, 0.29) is 23.5 Å². The number of hydrogen-bond acceptors (Lipinski definition) is 3. The molecule has 7 heteroatoms. The van der Waals surface area contributed by atoms with Crippen LogP contribution in [0, 0.1) is 11.7 Å². The van der Waals surface area contributed by atoms with Crippen LogP contribution in [0.3, 0.4) is 0 Å². The number of amides is 2. The largest absolute Gasteiger partial charge is 0.339 e.